The molecule has 0 radical (unpaired) electrons. The molecule has 10 heteroatoms. The molecule has 0 aromatic rings. The van der Waals surface area contributed by atoms with Crippen LogP contribution in [0.15, 0.2) is 0 Å². The fraction of sp³-hybridized carbons (Fsp3) is 0.923. The maximum Gasteiger partial charge on any atom is 0.472 e. The SMILES string of the molecule is CCCCCCCCCCCCNC(=O)[C@@H](NC(=O)CCOP(=O)(O)OCC[N+](C)(C)C)[C@@H](C)CC. The second-order valence-electron chi connectivity index (χ2n) is 10.8. The van der Waals surface area contributed by atoms with Crippen LogP contribution in [0.3, 0.4) is 0 Å². The topological polar surface area (TPSA) is 114 Å². The Morgan fingerprint density at radius 1 is 0.889 bits per heavy atom. The van der Waals surface area contributed by atoms with Gasteiger partial charge in [0.1, 0.15) is 19.2 Å². The number of rotatable bonds is 23. The predicted molar refractivity (Wildman–Crippen MR) is 145 cm³/mol. The monoisotopic (exact) mass is 536 g/mol. The first-order valence-corrected chi connectivity index (χ1v) is 15.4. The van der Waals surface area contributed by atoms with E-state index < -0.39 is 19.8 Å². The van der Waals surface area contributed by atoms with Crippen LogP contribution in [0.25, 0.3) is 0 Å². The number of carbonyl (C=O) groups excluding carboxylic acids is 2. The van der Waals surface area contributed by atoms with Crippen molar-refractivity contribution in [3.63, 3.8) is 0 Å². The average Bonchev–Trinajstić information content (AvgIpc) is 2.79. The molecule has 0 spiro atoms. The lowest BCUT2D eigenvalue weighted by atomic mass is 9.98. The second kappa shape index (κ2) is 20.0. The molecular weight excluding hydrogens is 481 g/mol. The quantitative estimate of drug-likeness (QED) is 0.0984. The van der Waals surface area contributed by atoms with Crippen molar-refractivity contribution in [1.29, 1.82) is 0 Å². The number of nitrogens with one attached hydrogen (secondary N) is 2. The standard InChI is InChI=1S/C26H54N3O6P/c1-7-9-10-11-12-13-14-15-16-17-19-27-26(31)25(23(3)8-2)28-24(30)18-21-34-36(32,33)35-22-20-29(4,5)6/h23,25H,7-22H2,1-6H3,(H2-,27,28,30,31,32,33)/p+1/t23-,25-/m0/s1. The van der Waals surface area contributed by atoms with E-state index in [9.17, 15) is 19.0 Å². The summed E-state index contributed by atoms with van der Waals surface area (Å²) < 4.78 is 22.4. The first-order chi connectivity index (χ1) is 16.9. The van der Waals surface area contributed by atoms with E-state index in [0.717, 1.165) is 19.3 Å². The van der Waals surface area contributed by atoms with Crippen LogP contribution in [0.5, 0.6) is 0 Å². The smallest absolute Gasteiger partial charge is 0.354 e. The van der Waals surface area contributed by atoms with Crippen molar-refractivity contribution in [3.05, 3.63) is 0 Å². The van der Waals surface area contributed by atoms with E-state index in [1.54, 1.807) is 0 Å². The van der Waals surface area contributed by atoms with Crippen LogP contribution in [0.4, 0.5) is 0 Å². The molecule has 0 aliphatic rings. The fourth-order valence-electron chi connectivity index (χ4n) is 3.60. The number of unbranched alkanes of at least 4 members (excludes halogenated alkanes) is 9. The Balaban J connectivity index is 4.22. The highest BCUT2D eigenvalue weighted by Crippen LogP contribution is 2.43. The van der Waals surface area contributed by atoms with Gasteiger partial charge in [-0.3, -0.25) is 18.6 Å². The molecule has 36 heavy (non-hydrogen) atoms. The number of quaternary nitrogens is 1. The molecule has 0 rings (SSSR count). The van der Waals surface area contributed by atoms with Gasteiger partial charge >= 0.3 is 7.82 Å². The fourth-order valence-corrected chi connectivity index (χ4v) is 4.31. The van der Waals surface area contributed by atoms with Gasteiger partial charge in [-0.15, -0.1) is 0 Å². The summed E-state index contributed by atoms with van der Waals surface area (Å²) in [5.41, 5.74) is 0. The maximum atomic E-state index is 12.7. The third kappa shape index (κ3) is 20.1. The summed E-state index contributed by atoms with van der Waals surface area (Å²) in [7, 11) is 1.61. The Kier molecular flexibility index (Phi) is 19.5. The van der Waals surface area contributed by atoms with Gasteiger partial charge in [0.2, 0.25) is 11.8 Å². The van der Waals surface area contributed by atoms with Crippen molar-refractivity contribution >= 4 is 19.6 Å². The number of hydrogen-bond acceptors (Lipinski definition) is 5. The van der Waals surface area contributed by atoms with Crippen LogP contribution < -0.4 is 10.6 Å². The van der Waals surface area contributed by atoms with Crippen LogP contribution in [0.1, 0.15) is 97.8 Å². The molecule has 3 atom stereocenters. The van der Waals surface area contributed by atoms with Crippen LogP contribution in [-0.4, -0.2) is 74.7 Å². The molecule has 0 aromatic carbocycles. The van der Waals surface area contributed by atoms with Gasteiger partial charge < -0.3 is 20.0 Å². The molecule has 2 amide bonds. The van der Waals surface area contributed by atoms with Crippen LogP contribution >= 0.6 is 7.82 Å². The zero-order chi connectivity index (χ0) is 27.5. The molecule has 0 aliphatic carbocycles. The number of hydrogen-bond donors (Lipinski definition) is 3. The molecule has 0 aliphatic heterocycles. The third-order valence-corrected chi connectivity index (χ3v) is 7.26. The van der Waals surface area contributed by atoms with Gasteiger partial charge in [0.15, 0.2) is 0 Å². The van der Waals surface area contributed by atoms with Crippen molar-refractivity contribution in [3.8, 4) is 0 Å². The molecule has 1 unspecified atom stereocenters. The highest BCUT2D eigenvalue weighted by molar-refractivity contribution is 7.47. The van der Waals surface area contributed by atoms with Crippen molar-refractivity contribution in [2.45, 2.75) is 104 Å². The zero-order valence-electron chi connectivity index (χ0n) is 23.9. The summed E-state index contributed by atoms with van der Waals surface area (Å²) in [6.07, 6.45) is 12.9. The first kappa shape index (κ1) is 35.0. The van der Waals surface area contributed by atoms with Gasteiger partial charge in [-0.2, -0.15) is 0 Å². The summed E-state index contributed by atoms with van der Waals surface area (Å²) in [5, 5.41) is 5.71. The van der Waals surface area contributed by atoms with Crippen molar-refractivity contribution in [1.82, 2.24) is 10.6 Å². The number of nitrogens with zero attached hydrogens (tertiary/aromatic N) is 1. The average molecular weight is 537 g/mol. The molecule has 0 aromatic heterocycles. The molecule has 9 nitrogen and oxygen atoms in total. The largest absolute Gasteiger partial charge is 0.472 e. The summed E-state index contributed by atoms with van der Waals surface area (Å²) >= 11 is 0. The van der Waals surface area contributed by atoms with Crippen LogP contribution in [0.2, 0.25) is 0 Å². The number of amides is 2. The van der Waals surface area contributed by atoms with Gasteiger partial charge in [-0.05, 0) is 12.3 Å². The highest BCUT2D eigenvalue weighted by atomic mass is 31.2. The molecule has 0 bridgehead atoms. The Morgan fingerprint density at radius 2 is 1.42 bits per heavy atom. The van der Waals surface area contributed by atoms with E-state index in [1.165, 1.54) is 51.4 Å². The molecule has 0 fully saturated rings. The second-order valence-corrected chi connectivity index (χ2v) is 12.3. The molecule has 0 heterocycles. The zero-order valence-corrected chi connectivity index (χ0v) is 24.7. The maximum absolute atomic E-state index is 12.7. The number of likely N-dealkylation sites (N-methyl/N-ethyl adjacent to an activating group) is 1. The van der Waals surface area contributed by atoms with Gasteiger partial charge in [0, 0.05) is 6.54 Å². The number of phosphoric ester groups is 1. The summed E-state index contributed by atoms with van der Waals surface area (Å²) in [6, 6.07) is -0.646. The van der Waals surface area contributed by atoms with E-state index in [0.29, 0.717) is 17.6 Å². The van der Waals surface area contributed by atoms with Crippen molar-refractivity contribution in [2.24, 2.45) is 5.92 Å². The third-order valence-electron chi connectivity index (χ3n) is 6.24. The molecular formula is C26H55N3O6P+. The van der Waals surface area contributed by atoms with Crippen LogP contribution in [-0.2, 0) is 23.2 Å². The summed E-state index contributed by atoms with van der Waals surface area (Å²) in [6.45, 7) is 7.06. The summed E-state index contributed by atoms with van der Waals surface area (Å²) in [5.74, 6) is -0.628. The molecule has 3 N–H and O–H groups in total. The van der Waals surface area contributed by atoms with Crippen molar-refractivity contribution < 1.29 is 32.6 Å². The minimum absolute atomic E-state index is 0.0367. The lowest BCUT2D eigenvalue weighted by Gasteiger charge is -2.24. The number of phosphoric acid groups is 1. The lowest BCUT2D eigenvalue weighted by Crippen LogP contribution is -2.50. The van der Waals surface area contributed by atoms with Gasteiger partial charge in [0.05, 0.1) is 34.2 Å². The minimum atomic E-state index is -4.22. The Morgan fingerprint density at radius 3 is 1.94 bits per heavy atom. The summed E-state index contributed by atoms with van der Waals surface area (Å²) in [4.78, 5) is 34.9. The lowest BCUT2D eigenvalue weighted by molar-refractivity contribution is -0.870. The highest BCUT2D eigenvalue weighted by Gasteiger charge is 2.27. The van der Waals surface area contributed by atoms with Crippen molar-refractivity contribution in [2.75, 3.05) is 47.4 Å². The van der Waals surface area contributed by atoms with E-state index in [-0.39, 0.29) is 31.5 Å². The van der Waals surface area contributed by atoms with E-state index in [4.69, 9.17) is 9.05 Å². The Bertz CT molecular complexity index is 642. The molecule has 0 saturated heterocycles. The number of carbonyl (C=O) groups is 2. The Hall–Kier alpha value is -0.990. The first-order valence-electron chi connectivity index (χ1n) is 13.9. The van der Waals surface area contributed by atoms with E-state index in [2.05, 4.69) is 17.6 Å². The normalized spacial score (nSPS) is 15.2. The Labute approximate surface area is 220 Å². The minimum Gasteiger partial charge on any atom is -0.354 e. The van der Waals surface area contributed by atoms with Gasteiger partial charge in [-0.25, -0.2) is 4.57 Å². The van der Waals surface area contributed by atoms with E-state index in [1.807, 2.05) is 35.0 Å². The molecule has 214 valence electrons. The predicted octanol–water partition coefficient (Wildman–Crippen LogP) is 4.78. The van der Waals surface area contributed by atoms with Gasteiger partial charge in [-0.1, -0.05) is 85.0 Å². The van der Waals surface area contributed by atoms with E-state index >= 15 is 0 Å². The van der Waals surface area contributed by atoms with Gasteiger partial charge in [0.25, 0.3) is 0 Å². The molecule has 0 saturated carbocycles. The van der Waals surface area contributed by atoms with Crippen LogP contribution in [0, 0.1) is 5.92 Å².